The van der Waals surface area contributed by atoms with Crippen LogP contribution in [0, 0.1) is 0 Å². The monoisotopic (exact) mass is 438 g/mol. The van der Waals surface area contributed by atoms with E-state index in [2.05, 4.69) is 0 Å². The topological polar surface area (TPSA) is 52.6 Å². The van der Waals surface area contributed by atoms with Crippen LogP contribution in [0.25, 0.3) is 32.7 Å². The molecule has 0 heterocycles. The van der Waals surface area contributed by atoms with Crippen LogP contribution in [-0.2, 0) is 0 Å². The zero-order chi connectivity index (χ0) is 21.4. The van der Waals surface area contributed by atoms with E-state index in [0.29, 0.717) is 22.6 Å². The maximum absolute atomic E-state index is 11.6. The lowest BCUT2D eigenvalue weighted by atomic mass is 9.91. The molecule has 30 heavy (non-hydrogen) atoms. The van der Waals surface area contributed by atoms with Gasteiger partial charge in [-0.1, -0.05) is 24.3 Å². The average molecular weight is 439 g/mol. The fourth-order valence-electron chi connectivity index (χ4n) is 3.72. The van der Waals surface area contributed by atoms with Gasteiger partial charge in [0.2, 0.25) is 0 Å². The molecular formula is C24H16Cl2O4. The van der Waals surface area contributed by atoms with Gasteiger partial charge < -0.3 is 9.47 Å². The Morgan fingerprint density at radius 3 is 1.37 bits per heavy atom. The number of carbonyl (C=O) groups is 2. The number of benzene rings is 4. The van der Waals surface area contributed by atoms with Crippen LogP contribution >= 0.6 is 23.2 Å². The van der Waals surface area contributed by atoms with E-state index in [1.54, 1.807) is 38.5 Å². The molecule has 0 radical (unpaired) electrons. The minimum Gasteiger partial charge on any atom is -0.496 e. The van der Waals surface area contributed by atoms with Crippen LogP contribution in [0.1, 0.15) is 20.7 Å². The number of carbonyl (C=O) groups excluding carboxylic acids is 2. The van der Waals surface area contributed by atoms with Crippen molar-refractivity contribution in [2.24, 2.45) is 0 Å². The van der Waals surface area contributed by atoms with Gasteiger partial charge in [0.25, 0.3) is 10.5 Å². The number of hydrogen-bond acceptors (Lipinski definition) is 4. The molecule has 0 amide bonds. The van der Waals surface area contributed by atoms with Crippen LogP contribution < -0.4 is 9.47 Å². The van der Waals surface area contributed by atoms with Crippen molar-refractivity contribution >= 4 is 55.2 Å². The van der Waals surface area contributed by atoms with Crippen molar-refractivity contribution in [2.45, 2.75) is 0 Å². The summed E-state index contributed by atoms with van der Waals surface area (Å²) >= 11 is 11.3. The van der Waals surface area contributed by atoms with Crippen molar-refractivity contribution in [3.05, 3.63) is 71.8 Å². The molecule has 0 spiro atoms. The highest BCUT2D eigenvalue weighted by atomic mass is 35.5. The molecule has 150 valence electrons. The lowest BCUT2D eigenvalue weighted by Crippen LogP contribution is -1.96. The third kappa shape index (κ3) is 3.38. The molecule has 0 saturated heterocycles. The first kappa shape index (κ1) is 20.2. The molecule has 4 aromatic rings. The number of ether oxygens (including phenoxy) is 2. The minimum atomic E-state index is -0.518. The molecule has 0 fully saturated rings. The SMILES string of the molecule is COc1ccc2cc(C(=O)Cl)ccc2c1-c1c(OC)ccc2cc(C(=O)Cl)ccc12. The molecule has 4 nitrogen and oxygen atoms in total. The van der Waals surface area contributed by atoms with Gasteiger partial charge in [-0.05, 0) is 81.1 Å². The summed E-state index contributed by atoms with van der Waals surface area (Å²) in [6.45, 7) is 0. The van der Waals surface area contributed by atoms with E-state index >= 15 is 0 Å². The molecule has 0 saturated carbocycles. The summed E-state index contributed by atoms with van der Waals surface area (Å²) in [4.78, 5) is 23.2. The van der Waals surface area contributed by atoms with E-state index in [4.69, 9.17) is 32.7 Å². The summed E-state index contributed by atoms with van der Waals surface area (Å²) in [6, 6.07) is 18.0. The van der Waals surface area contributed by atoms with Gasteiger partial charge >= 0.3 is 0 Å². The second-order valence-electron chi connectivity index (χ2n) is 6.70. The number of halogens is 2. The molecule has 4 rings (SSSR count). The van der Waals surface area contributed by atoms with Crippen LogP contribution in [0.2, 0.25) is 0 Å². The second kappa shape index (κ2) is 7.98. The van der Waals surface area contributed by atoms with Crippen molar-refractivity contribution in [1.82, 2.24) is 0 Å². The zero-order valence-electron chi connectivity index (χ0n) is 16.2. The number of rotatable bonds is 5. The van der Waals surface area contributed by atoms with Crippen molar-refractivity contribution < 1.29 is 19.1 Å². The van der Waals surface area contributed by atoms with E-state index in [1.165, 1.54) is 0 Å². The quantitative estimate of drug-likeness (QED) is 0.336. The van der Waals surface area contributed by atoms with Gasteiger partial charge in [0.1, 0.15) is 11.5 Å². The van der Waals surface area contributed by atoms with Gasteiger partial charge in [-0.25, -0.2) is 0 Å². The summed E-state index contributed by atoms with van der Waals surface area (Å²) in [5, 5.41) is 2.39. The van der Waals surface area contributed by atoms with E-state index in [-0.39, 0.29) is 0 Å². The first-order chi connectivity index (χ1) is 14.4. The van der Waals surface area contributed by atoms with Crippen LogP contribution in [0.15, 0.2) is 60.7 Å². The highest BCUT2D eigenvalue weighted by Crippen LogP contribution is 2.45. The Bertz CT molecular complexity index is 1220. The highest BCUT2D eigenvalue weighted by Gasteiger charge is 2.19. The number of fused-ring (bicyclic) bond motifs is 2. The zero-order valence-corrected chi connectivity index (χ0v) is 17.7. The lowest BCUT2D eigenvalue weighted by Gasteiger charge is -2.18. The molecule has 0 aromatic heterocycles. The molecule has 0 atom stereocenters. The minimum absolute atomic E-state index is 0.412. The Morgan fingerprint density at radius 1 is 0.633 bits per heavy atom. The average Bonchev–Trinajstić information content (AvgIpc) is 2.76. The van der Waals surface area contributed by atoms with Gasteiger partial charge in [0.15, 0.2) is 0 Å². The Kier molecular flexibility index (Phi) is 5.37. The predicted molar refractivity (Wildman–Crippen MR) is 120 cm³/mol. The lowest BCUT2D eigenvalue weighted by molar-refractivity contribution is 0.107. The second-order valence-corrected chi connectivity index (χ2v) is 7.39. The van der Waals surface area contributed by atoms with Gasteiger partial charge in [-0.2, -0.15) is 0 Å². The van der Waals surface area contributed by atoms with E-state index in [1.807, 2.05) is 36.4 Å². The predicted octanol–water partition coefficient (Wildman–Crippen LogP) is 6.44. The Hall–Kier alpha value is -3.08. The molecule has 0 aliphatic rings. The molecule has 4 aromatic carbocycles. The van der Waals surface area contributed by atoms with Crippen molar-refractivity contribution in [1.29, 1.82) is 0 Å². The van der Waals surface area contributed by atoms with Gasteiger partial charge in [-0.3, -0.25) is 9.59 Å². The molecule has 0 aliphatic carbocycles. The van der Waals surface area contributed by atoms with E-state index in [0.717, 1.165) is 32.7 Å². The fraction of sp³-hybridized carbons (Fsp3) is 0.0833. The summed E-state index contributed by atoms with van der Waals surface area (Å²) in [7, 11) is 3.20. The molecular weight excluding hydrogens is 423 g/mol. The van der Waals surface area contributed by atoms with Crippen LogP contribution in [0.4, 0.5) is 0 Å². The first-order valence-corrected chi connectivity index (χ1v) is 9.81. The van der Waals surface area contributed by atoms with Crippen LogP contribution in [-0.4, -0.2) is 24.7 Å². The molecule has 0 unspecified atom stereocenters. The van der Waals surface area contributed by atoms with Crippen molar-refractivity contribution in [2.75, 3.05) is 14.2 Å². The molecule has 0 bridgehead atoms. The van der Waals surface area contributed by atoms with Crippen LogP contribution in [0.5, 0.6) is 11.5 Å². The summed E-state index contributed by atoms with van der Waals surface area (Å²) in [5.41, 5.74) is 2.46. The smallest absolute Gasteiger partial charge is 0.252 e. The summed E-state index contributed by atoms with van der Waals surface area (Å²) in [5.74, 6) is 1.30. The molecule has 6 heteroatoms. The third-order valence-electron chi connectivity index (χ3n) is 5.11. The standard InChI is InChI=1S/C24H16Cl2O4/c1-29-19-9-5-13-11-15(23(25)27)3-7-17(13)21(19)22-18-8-4-16(24(26)28)12-14(18)6-10-20(22)30-2/h3-12H,1-2H3. The number of hydrogen-bond donors (Lipinski definition) is 0. The van der Waals surface area contributed by atoms with E-state index in [9.17, 15) is 9.59 Å². The third-order valence-corrected chi connectivity index (χ3v) is 5.54. The maximum atomic E-state index is 11.6. The van der Waals surface area contributed by atoms with Crippen LogP contribution in [0.3, 0.4) is 0 Å². The largest absolute Gasteiger partial charge is 0.496 e. The molecule has 0 N–H and O–H groups in total. The Labute approximate surface area is 182 Å². The van der Waals surface area contributed by atoms with Gasteiger partial charge in [0, 0.05) is 22.3 Å². The van der Waals surface area contributed by atoms with E-state index < -0.39 is 10.5 Å². The normalized spacial score (nSPS) is 10.9. The maximum Gasteiger partial charge on any atom is 0.252 e. The fourth-order valence-corrected chi connectivity index (χ4v) is 3.96. The Balaban J connectivity index is 2.12. The summed E-state index contributed by atoms with van der Waals surface area (Å²) < 4.78 is 11.3. The number of methoxy groups -OCH3 is 2. The van der Waals surface area contributed by atoms with Crippen molar-refractivity contribution in [3.63, 3.8) is 0 Å². The first-order valence-electron chi connectivity index (χ1n) is 9.06. The Morgan fingerprint density at radius 2 is 1.03 bits per heavy atom. The highest BCUT2D eigenvalue weighted by molar-refractivity contribution is 6.68. The van der Waals surface area contributed by atoms with Gasteiger partial charge in [-0.15, -0.1) is 0 Å². The van der Waals surface area contributed by atoms with Crippen molar-refractivity contribution in [3.8, 4) is 22.6 Å². The molecule has 0 aliphatic heterocycles. The van der Waals surface area contributed by atoms with Gasteiger partial charge in [0.05, 0.1) is 14.2 Å². The summed E-state index contributed by atoms with van der Waals surface area (Å²) in [6.07, 6.45) is 0.